The van der Waals surface area contributed by atoms with E-state index >= 15 is 0 Å². The Morgan fingerprint density at radius 2 is 1.59 bits per heavy atom. The predicted octanol–water partition coefficient (Wildman–Crippen LogP) is 8.38. The van der Waals surface area contributed by atoms with E-state index < -0.39 is 0 Å². The fourth-order valence-electron chi connectivity index (χ4n) is 5.62. The van der Waals surface area contributed by atoms with Gasteiger partial charge in [0.2, 0.25) is 0 Å². The van der Waals surface area contributed by atoms with Gasteiger partial charge in [-0.3, -0.25) is 0 Å². The van der Waals surface area contributed by atoms with Gasteiger partial charge in [-0.05, 0) is 56.0 Å². The van der Waals surface area contributed by atoms with Crippen molar-refractivity contribution in [3.63, 3.8) is 0 Å². The maximum Gasteiger partial charge on any atom is 0.178 e. The number of halogens is 2. The van der Waals surface area contributed by atoms with E-state index in [-0.39, 0.29) is 26.4 Å². The first-order valence-electron chi connectivity index (χ1n) is 13.6. The first kappa shape index (κ1) is 26.3. The van der Waals surface area contributed by atoms with Gasteiger partial charge in [-0.2, -0.15) is 0 Å². The van der Waals surface area contributed by atoms with Crippen LogP contribution in [0.4, 0.5) is 17.3 Å². The lowest BCUT2D eigenvalue weighted by Crippen LogP contribution is -2.34. The largest absolute Gasteiger partial charge is 0.319 e. The molecule has 0 radical (unpaired) electrons. The Morgan fingerprint density at radius 3 is 2.31 bits per heavy atom. The highest BCUT2D eigenvalue weighted by Crippen LogP contribution is 2.47. The number of rotatable bonds is 5. The molecule has 0 unspecified atom stereocenters. The molecule has 3 heterocycles. The van der Waals surface area contributed by atoms with Crippen molar-refractivity contribution in [2.75, 3.05) is 32.5 Å². The number of anilines is 3. The van der Waals surface area contributed by atoms with E-state index in [1.165, 1.54) is 25.5 Å². The van der Waals surface area contributed by atoms with Crippen molar-refractivity contribution in [1.82, 2.24) is 9.97 Å². The molecule has 0 saturated carbocycles. The molecule has 0 aliphatic carbocycles. The van der Waals surface area contributed by atoms with Gasteiger partial charge in [0.1, 0.15) is 5.82 Å². The molecule has 2 aliphatic heterocycles. The molecular formula is C32H33ClIN5. The second-order valence-corrected chi connectivity index (χ2v) is 13.5. The van der Waals surface area contributed by atoms with Gasteiger partial charge >= 0.3 is 0 Å². The summed E-state index contributed by atoms with van der Waals surface area (Å²) in [5.41, 5.74) is 4.50. The number of benzene rings is 3. The Balaban J connectivity index is 1.39. The van der Waals surface area contributed by atoms with Crippen LogP contribution in [-0.2, 0) is 5.41 Å². The van der Waals surface area contributed by atoms with Crippen LogP contribution in [0.5, 0.6) is 0 Å². The Hall–Kier alpha value is -2.97. The highest BCUT2D eigenvalue weighted by Gasteiger charge is 2.35. The van der Waals surface area contributed by atoms with Crippen molar-refractivity contribution in [2.45, 2.75) is 40.0 Å². The summed E-state index contributed by atoms with van der Waals surface area (Å²) in [5, 5.41) is 3.36. The number of aromatic nitrogens is 2. The lowest BCUT2D eigenvalue weighted by atomic mass is 9.79. The van der Waals surface area contributed by atoms with Crippen LogP contribution in [0.3, 0.4) is 0 Å². The molecule has 1 aromatic heterocycles. The minimum atomic E-state index is -0.329. The van der Waals surface area contributed by atoms with Crippen molar-refractivity contribution < 1.29 is 0 Å². The quantitative estimate of drug-likeness (QED) is 0.160. The zero-order valence-corrected chi connectivity index (χ0v) is 26.0. The van der Waals surface area contributed by atoms with Crippen molar-refractivity contribution in [2.24, 2.45) is 0 Å². The van der Waals surface area contributed by atoms with E-state index in [4.69, 9.17) is 21.6 Å². The van der Waals surface area contributed by atoms with Crippen LogP contribution in [0.25, 0.3) is 21.8 Å². The molecule has 0 fully saturated rings. The zero-order valence-electron chi connectivity index (χ0n) is 23.0. The van der Waals surface area contributed by atoms with E-state index in [1.807, 2.05) is 18.2 Å². The van der Waals surface area contributed by atoms with Gasteiger partial charge in [0.25, 0.3) is 0 Å². The normalized spacial score (nSPS) is 17.6. The number of nitrogens with zero attached hydrogens (tertiary/aromatic N) is 5. The van der Waals surface area contributed by atoms with Crippen molar-refractivity contribution in [1.29, 1.82) is 0 Å². The lowest BCUT2D eigenvalue weighted by Gasteiger charge is -2.38. The molecule has 4 aromatic rings. The first-order chi connectivity index (χ1) is 18.9. The summed E-state index contributed by atoms with van der Waals surface area (Å²) < 4.78 is 4.14. The molecular weight excluding hydrogens is 617 g/mol. The molecule has 0 N–H and O–H groups in total. The van der Waals surface area contributed by atoms with Crippen molar-refractivity contribution >= 4 is 75.2 Å². The van der Waals surface area contributed by atoms with Crippen LogP contribution < -0.4 is 12.9 Å². The lowest BCUT2D eigenvalue weighted by molar-refractivity contribution is 0.732. The van der Waals surface area contributed by atoms with E-state index in [9.17, 15) is 0 Å². The Bertz CT molecular complexity index is 1690. The van der Waals surface area contributed by atoms with Gasteiger partial charge in [-0.15, -0.1) is 0 Å². The Kier molecular flexibility index (Phi) is 6.88. The summed E-state index contributed by atoms with van der Waals surface area (Å²) in [7, 11) is 0. The third kappa shape index (κ3) is 4.32. The van der Waals surface area contributed by atoms with Gasteiger partial charge in [0.15, 0.2) is 11.6 Å². The number of fused-ring (bicyclic) bond motifs is 5. The molecule has 200 valence electrons. The van der Waals surface area contributed by atoms with Gasteiger partial charge in [0.05, 0.1) is 16.7 Å². The summed E-state index contributed by atoms with van der Waals surface area (Å²) in [4.78, 5) is 14.5. The zero-order chi connectivity index (χ0) is 27.3. The third-order valence-corrected chi connectivity index (χ3v) is 11.9. The summed E-state index contributed by atoms with van der Waals surface area (Å²) in [6.45, 7) is 14.0. The van der Waals surface area contributed by atoms with Crippen LogP contribution in [0.15, 0.2) is 78.6 Å². The number of hydrogen-bond acceptors (Lipinski definition) is 5. The van der Waals surface area contributed by atoms with Crippen LogP contribution in [0.1, 0.15) is 40.2 Å². The molecule has 0 saturated heterocycles. The monoisotopic (exact) mass is 649 g/mol. The molecule has 0 atom stereocenters. The molecule has 6 rings (SSSR count). The third-order valence-electron chi connectivity index (χ3n) is 7.66. The van der Waals surface area contributed by atoms with Crippen molar-refractivity contribution in [3.8, 4) is 0 Å². The molecule has 0 amide bonds. The average Bonchev–Trinajstić information content (AvgIpc) is 3.23. The fraction of sp³-hybridized carbons (Fsp3) is 0.281. The second-order valence-electron chi connectivity index (χ2n) is 10.3. The molecule has 7 heteroatoms. The molecule has 5 nitrogen and oxygen atoms in total. The minimum absolute atomic E-state index is 0.0268. The SMILES string of the molecule is CCN1I=C(/C=C/C=C2\N(CC)c3nc4ccc(Cl)cc4nc3N2CC)C(C)(C)c2ccc3ccccc3c21. The van der Waals surface area contributed by atoms with Gasteiger partial charge in [-0.25, -0.2) is 9.97 Å². The first-order valence-corrected chi connectivity index (χ1v) is 16.0. The molecule has 39 heavy (non-hydrogen) atoms. The average molecular weight is 650 g/mol. The highest BCUT2D eigenvalue weighted by atomic mass is 127. The smallest absolute Gasteiger partial charge is 0.178 e. The molecule has 0 spiro atoms. The fourth-order valence-corrected chi connectivity index (χ4v) is 8.78. The summed E-state index contributed by atoms with van der Waals surface area (Å²) in [6, 6.07) is 19.1. The van der Waals surface area contributed by atoms with E-state index in [0.717, 1.165) is 48.1 Å². The standard InChI is InChI=1S/C32H33ClIN5/c1-6-37-28(38(7-2)31-30(37)35-25-19-17-22(33)20-26(25)36-31)15-11-14-27-32(4,5)24-18-16-21-12-9-10-13-23(21)29(24)39(8-3)34-27/h9-20H,6-8H2,1-5H3/b14-11+,28-15+. The van der Waals surface area contributed by atoms with Crippen LogP contribution in [-0.4, -0.2) is 33.1 Å². The number of allylic oxidation sites excluding steroid dienone is 3. The Morgan fingerprint density at radius 1 is 0.872 bits per heavy atom. The van der Waals surface area contributed by atoms with E-state index in [1.54, 1.807) is 0 Å². The van der Waals surface area contributed by atoms with Crippen LogP contribution >= 0.6 is 32.6 Å². The van der Waals surface area contributed by atoms with Gasteiger partial charge < -0.3 is 12.9 Å². The van der Waals surface area contributed by atoms with Crippen LogP contribution in [0, 0.1) is 0 Å². The molecule has 0 bridgehead atoms. The second kappa shape index (κ2) is 10.2. The topological polar surface area (TPSA) is 35.5 Å². The molecule has 3 aromatic carbocycles. The summed E-state index contributed by atoms with van der Waals surface area (Å²) >= 11 is 5.93. The maximum absolute atomic E-state index is 6.26. The van der Waals surface area contributed by atoms with Crippen molar-refractivity contribution in [3.05, 3.63) is 89.2 Å². The highest BCUT2D eigenvalue weighted by molar-refractivity contribution is 14.2. The Labute approximate surface area is 245 Å². The van der Waals surface area contributed by atoms with E-state index in [0.29, 0.717) is 5.02 Å². The maximum atomic E-state index is 6.26. The van der Waals surface area contributed by atoms with Gasteiger partial charge in [0, 0.05) is 60.0 Å². The molecule has 2 aliphatic rings. The number of hydrogen-bond donors (Lipinski definition) is 0. The van der Waals surface area contributed by atoms with Crippen LogP contribution in [0.2, 0.25) is 5.02 Å². The predicted molar refractivity (Wildman–Crippen MR) is 177 cm³/mol. The minimum Gasteiger partial charge on any atom is -0.319 e. The van der Waals surface area contributed by atoms with Gasteiger partial charge in [-0.1, -0.05) is 74.0 Å². The van der Waals surface area contributed by atoms with E-state index in [2.05, 4.69) is 102 Å². The summed E-state index contributed by atoms with van der Waals surface area (Å²) in [5.74, 6) is 2.91. The summed E-state index contributed by atoms with van der Waals surface area (Å²) in [6.07, 6.45) is 6.83.